The summed E-state index contributed by atoms with van der Waals surface area (Å²) in [5.41, 5.74) is 3.30. The van der Waals surface area contributed by atoms with Gasteiger partial charge in [0.1, 0.15) is 5.69 Å². The lowest BCUT2D eigenvalue weighted by Gasteiger charge is -2.13. The van der Waals surface area contributed by atoms with Gasteiger partial charge in [0.25, 0.3) is 5.56 Å². The van der Waals surface area contributed by atoms with Crippen LogP contribution in [-0.2, 0) is 13.6 Å². The lowest BCUT2D eigenvalue weighted by atomic mass is 10.0. The summed E-state index contributed by atoms with van der Waals surface area (Å²) in [6.45, 7) is 5.11. The molecule has 0 amide bonds. The van der Waals surface area contributed by atoms with Gasteiger partial charge in [-0.05, 0) is 37.1 Å². The quantitative estimate of drug-likeness (QED) is 0.648. The van der Waals surface area contributed by atoms with Crippen molar-refractivity contribution in [3.63, 3.8) is 0 Å². The predicted octanol–water partition coefficient (Wildman–Crippen LogP) is 3.06. The molecule has 3 heterocycles. The van der Waals surface area contributed by atoms with Crippen molar-refractivity contribution < 1.29 is 4.74 Å². The summed E-state index contributed by atoms with van der Waals surface area (Å²) in [6.07, 6.45) is 4.28. The molecule has 3 aromatic heterocycles. The highest BCUT2D eigenvalue weighted by Crippen LogP contribution is 2.18. The molecule has 1 N–H and O–H groups in total. The molecule has 0 aliphatic heterocycles. The molecule has 0 saturated heterocycles. The predicted molar refractivity (Wildman–Crippen MR) is 109 cm³/mol. The minimum absolute atomic E-state index is 0.200. The number of nitrogens with one attached hydrogen (secondary N) is 1. The van der Waals surface area contributed by atoms with Crippen LogP contribution in [0.15, 0.2) is 53.6 Å². The Morgan fingerprint density at radius 2 is 2.11 bits per heavy atom. The fraction of sp³-hybridized carbons (Fsp3) is 0.333. The van der Waals surface area contributed by atoms with Gasteiger partial charge in [0.15, 0.2) is 0 Å². The highest BCUT2D eigenvalue weighted by Gasteiger charge is 2.10. The monoisotopic (exact) mass is 379 g/mol. The normalized spacial score (nSPS) is 11.8. The molecule has 28 heavy (non-hydrogen) atoms. The minimum Gasteiger partial charge on any atom is -0.477 e. The molecule has 3 aromatic rings. The van der Waals surface area contributed by atoms with E-state index in [0.717, 1.165) is 23.4 Å². The second-order valence-corrected chi connectivity index (χ2v) is 6.78. The minimum atomic E-state index is -0.200. The first-order chi connectivity index (χ1) is 13.5. The van der Waals surface area contributed by atoms with Gasteiger partial charge in [-0.1, -0.05) is 19.1 Å². The van der Waals surface area contributed by atoms with Crippen LogP contribution in [0.2, 0.25) is 0 Å². The first-order valence-electron chi connectivity index (χ1n) is 9.30. The molecule has 3 rings (SSSR count). The molecule has 0 aliphatic rings. The largest absolute Gasteiger partial charge is 0.477 e. The molecule has 0 radical (unpaired) electrons. The Labute approximate surface area is 164 Å². The topological polar surface area (TPSA) is 81.9 Å². The van der Waals surface area contributed by atoms with Gasteiger partial charge in [-0.3, -0.25) is 14.8 Å². The summed E-state index contributed by atoms with van der Waals surface area (Å²) in [5.74, 6) is 0.691. The molecule has 7 nitrogen and oxygen atoms in total. The van der Waals surface area contributed by atoms with E-state index < -0.39 is 0 Å². The molecule has 1 atom stereocenters. The maximum absolute atomic E-state index is 12.3. The molecule has 0 unspecified atom stereocenters. The summed E-state index contributed by atoms with van der Waals surface area (Å²) in [6, 6.07) is 11.5. The van der Waals surface area contributed by atoms with Crippen LogP contribution in [0, 0.1) is 6.92 Å². The first-order valence-corrected chi connectivity index (χ1v) is 9.30. The number of aryl methyl sites for hydroxylation is 2. The zero-order chi connectivity index (χ0) is 19.9. The van der Waals surface area contributed by atoms with Gasteiger partial charge in [-0.25, -0.2) is 4.68 Å². The summed E-state index contributed by atoms with van der Waals surface area (Å²) in [5, 5.41) is 7.32. The molecular weight excluding hydrogens is 354 g/mol. The number of rotatable bonds is 8. The SMILES string of the molecule is Cc1cccc([C@H](C)CCOc2cc(NCc3cccnc3)c(=O)n(C)n2)n1. The molecule has 0 spiro atoms. The molecule has 0 aromatic carbocycles. The van der Waals surface area contributed by atoms with Crippen LogP contribution in [0.3, 0.4) is 0 Å². The number of aromatic nitrogens is 4. The zero-order valence-corrected chi connectivity index (χ0v) is 16.4. The van der Waals surface area contributed by atoms with E-state index in [2.05, 4.69) is 27.3 Å². The van der Waals surface area contributed by atoms with Gasteiger partial charge < -0.3 is 10.1 Å². The number of nitrogens with zero attached hydrogens (tertiary/aromatic N) is 4. The van der Waals surface area contributed by atoms with Crippen molar-refractivity contribution >= 4 is 5.69 Å². The smallest absolute Gasteiger partial charge is 0.290 e. The van der Waals surface area contributed by atoms with Gasteiger partial charge in [-0.15, -0.1) is 5.10 Å². The van der Waals surface area contributed by atoms with E-state index in [4.69, 9.17) is 4.74 Å². The van der Waals surface area contributed by atoms with E-state index in [1.165, 1.54) is 4.68 Å². The molecule has 0 bridgehead atoms. The Morgan fingerprint density at radius 3 is 2.86 bits per heavy atom. The average molecular weight is 379 g/mol. The molecule has 0 aliphatic carbocycles. The van der Waals surface area contributed by atoms with Crippen molar-refractivity contribution in [1.82, 2.24) is 19.7 Å². The van der Waals surface area contributed by atoms with E-state index in [9.17, 15) is 4.79 Å². The van der Waals surface area contributed by atoms with Gasteiger partial charge in [0, 0.05) is 49.4 Å². The van der Waals surface area contributed by atoms with Crippen molar-refractivity contribution in [2.45, 2.75) is 32.7 Å². The summed E-state index contributed by atoms with van der Waals surface area (Å²) in [4.78, 5) is 20.9. The van der Waals surface area contributed by atoms with Gasteiger partial charge in [-0.2, -0.15) is 0 Å². The van der Waals surface area contributed by atoms with E-state index >= 15 is 0 Å². The third-order valence-corrected chi connectivity index (χ3v) is 4.46. The van der Waals surface area contributed by atoms with Crippen LogP contribution >= 0.6 is 0 Å². The van der Waals surface area contributed by atoms with Crippen LogP contribution < -0.4 is 15.6 Å². The maximum atomic E-state index is 12.3. The highest BCUT2D eigenvalue weighted by atomic mass is 16.5. The number of ether oxygens (including phenoxy) is 1. The first kappa shape index (κ1) is 19.5. The van der Waals surface area contributed by atoms with Crippen molar-refractivity contribution in [3.05, 3.63) is 76.1 Å². The highest BCUT2D eigenvalue weighted by molar-refractivity contribution is 5.43. The van der Waals surface area contributed by atoms with Crippen LogP contribution in [0.4, 0.5) is 5.69 Å². The summed E-state index contributed by atoms with van der Waals surface area (Å²) < 4.78 is 7.09. The van der Waals surface area contributed by atoms with E-state index in [0.29, 0.717) is 24.7 Å². The number of hydrogen-bond donors (Lipinski definition) is 1. The number of hydrogen-bond acceptors (Lipinski definition) is 6. The van der Waals surface area contributed by atoms with Crippen molar-refractivity contribution in [3.8, 4) is 5.88 Å². The maximum Gasteiger partial charge on any atom is 0.290 e. The van der Waals surface area contributed by atoms with Crippen LogP contribution in [0.1, 0.15) is 36.2 Å². The second-order valence-electron chi connectivity index (χ2n) is 6.78. The van der Waals surface area contributed by atoms with Gasteiger partial charge >= 0.3 is 0 Å². The van der Waals surface area contributed by atoms with E-state index in [1.807, 2.05) is 37.3 Å². The fourth-order valence-electron chi connectivity index (χ4n) is 2.81. The Kier molecular flexibility index (Phi) is 6.37. The summed E-state index contributed by atoms with van der Waals surface area (Å²) >= 11 is 0. The second kappa shape index (κ2) is 9.12. The van der Waals surface area contributed by atoms with Crippen LogP contribution in [0.5, 0.6) is 5.88 Å². The fourth-order valence-corrected chi connectivity index (χ4v) is 2.81. The standard InChI is InChI=1S/C21H25N5O2/c1-15(18-8-4-6-16(2)24-18)9-11-28-20-12-19(21(27)26(3)25-20)23-14-17-7-5-10-22-13-17/h4-8,10,12-13,15,23H,9,11,14H2,1-3H3/t15-/m1/s1. The van der Waals surface area contributed by atoms with Gasteiger partial charge in [0.2, 0.25) is 5.88 Å². The average Bonchev–Trinajstić information content (AvgIpc) is 2.70. The molecule has 7 heteroatoms. The Morgan fingerprint density at radius 1 is 1.25 bits per heavy atom. The zero-order valence-electron chi connectivity index (χ0n) is 16.4. The third kappa shape index (κ3) is 5.16. The lowest BCUT2D eigenvalue weighted by Crippen LogP contribution is -2.24. The van der Waals surface area contributed by atoms with Gasteiger partial charge in [0.05, 0.1) is 6.61 Å². The van der Waals surface area contributed by atoms with Crippen molar-refractivity contribution in [2.24, 2.45) is 7.05 Å². The molecule has 146 valence electrons. The third-order valence-electron chi connectivity index (χ3n) is 4.46. The Balaban J connectivity index is 1.61. The van der Waals surface area contributed by atoms with Crippen molar-refractivity contribution in [2.75, 3.05) is 11.9 Å². The summed E-state index contributed by atoms with van der Waals surface area (Å²) in [7, 11) is 1.61. The van der Waals surface area contributed by atoms with E-state index in [1.54, 1.807) is 25.5 Å². The van der Waals surface area contributed by atoms with Crippen LogP contribution in [-0.4, -0.2) is 26.4 Å². The van der Waals surface area contributed by atoms with E-state index in [-0.39, 0.29) is 11.5 Å². The van der Waals surface area contributed by atoms with Crippen LogP contribution in [0.25, 0.3) is 0 Å². The number of anilines is 1. The molecular formula is C21H25N5O2. The Bertz CT molecular complexity index is 972. The molecule has 0 fully saturated rings. The lowest BCUT2D eigenvalue weighted by molar-refractivity contribution is 0.281. The van der Waals surface area contributed by atoms with Crippen molar-refractivity contribution in [1.29, 1.82) is 0 Å². The molecule has 0 saturated carbocycles. The Hall–Kier alpha value is -3.22. The number of pyridine rings is 2.